The van der Waals surface area contributed by atoms with Gasteiger partial charge in [0, 0.05) is 12.3 Å². The summed E-state index contributed by atoms with van der Waals surface area (Å²) < 4.78 is 1.42. The van der Waals surface area contributed by atoms with Gasteiger partial charge in [-0.2, -0.15) is 0 Å². The van der Waals surface area contributed by atoms with Gasteiger partial charge in [0.25, 0.3) is 5.56 Å². The van der Waals surface area contributed by atoms with Crippen molar-refractivity contribution < 1.29 is 4.79 Å². The van der Waals surface area contributed by atoms with E-state index in [0.717, 1.165) is 18.4 Å². The van der Waals surface area contributed by atoms with Gasteiger partial charge in [0.1, 0.15) is 6.54 Å². The van der Waals surface area contributed by atoms with Gasteiger partial charge in [-0.05, 0) is 30.4 Å². The smallest absolute Gasteiger partial charge is 0.250 e. The number of carbonyl (C=O) groups is 1. The normalized spacial score (nSPS) is 15.4. The molecule has 0 bridgehead atoms. The van der Waals surface area contributed by atoms with E-state index < -0.39 is 0 Å². The zero-order chi connectivity index (χ0) is 14.7. The first-order valence-electron chi connectivity index (χ1n) is 7.24. The molecule has 1 aromatic heterocycles. The van der Waals surface area contributed by atoms with Gasteiger partial charge >= 0.3 is 0 Å². The Balaban J connectivity index is 1.70. The van der Waals surface area contributed by atoms with Gasteiger partial charge in [-0.15, -0.1) is 0 Å². The van der Waals surface area contributed by atoms with Crippen molar-refractivity contribution in [3.63, 3.8) is 0 Å². The molecule has 3 rings (SSSR count). The maximum atomic E-state index is 12.2. The van der Waals surface area contributed by atoms with Crippen LogP contribution in [0.15, 0.2) is 59.5 Å². The van der Waals surface area contributed by atoms with Crippen LogP contribution in [0.25, 0.3) is 0 Å². The molecule has 21 heavy (non-hydrogen) atoms. The van der Waals surface area contributed by atoms with Crippen molar-refractivity contribution in [1.82, 2.24) is 9.88 Å². The fourth-order valence-electron chi connectivity index (χ4n) is 2.53. The summed E-state index contributed by atoms with van der Waals surface area (Å²) >= 11 is 0. The molecule has 1 aromatic carbocycles. The minimum atomic E-state index is -0.157. The van der Waals surface area contributed by atoms with Crippen LogP contribution in [0.2, 0.25) is 0 Å². The molecule has 1 N–H and O–H groups in total. The van der Waals surface area contributed by atoms with E-state index in [2.05, 4.69) is 5.32 Å². The molecule has 0 aliphatic heterocycles. The second-order valence-electron chi connectivity index (χ2n) is 5.46. The third-order valence-corrected chi connectivity index (χ3v) is 3.78. The number of carbonyl (C=O) groups excluding carboxylic acids is 1. The molecule has 1 atom stereocenters. The fourth-order valence-corrected chi connectivity index (χ4v) is 2.53. The van der Waals surface area contributed by atoms with E-state index in [4.69, 9.17) is 0 Å². The Labute approximate surface area is 123 Å². The van der Waals surface area contributed by atoms with Crippen LogP contribution in [0, 0.1) is 5.92 Å². The van der Waals surface area contributed by atoms with Crippen LogP contribution in [0.3, 0.4) is 0 Å². The highest BCUT2D eigenvalue weighted by molar-refractivity contribution is 5.76. The maximum absolute atomic E-state index is 12.2. The topological polar surface area (TPSA) is 51.1 Å². The minimum Gasteiger partial charge on any atom is -0.347 e. The number of pyridine rings is 1. The van der Waals surface area contributed by atoms with Gasteiger partial charge in [0.15, 0.2) is 0 Å². The Bertz CT molecular complexity index is 674. The van der Waals surface area contributed by atoms with E-state index in [1.165, 1.54) is 10.6 Å². The van der Waals surface area contributed by atoms with Crippen molar-refractivity contribution >= 4 is 5.91 Å². The Kier molecular flexibility index (Phi) is 3.86. The average Bonchev–Trinajstić information content (AvgIpc) is 3.33. The summed E-state index contributed by atoms with van der Waals surface area (Å²) in [6.45, 7) is 0.0652. The molecule has 1 aliphatic rings. The Morgan fingerprint density at radius 2 is 1.86 bits per heavy atom. The number of rotatable bonds is 5. The number of aromatic nitrogens is 1. The van der Waals surface area contributed by atoms with Crippen LogP contribution >= 0.6 is 0 Å². The molecular formula is C17H18N2O2. The minimum absolute atomic E-state index is 0.0538. The Hall–Kier alpha value is -2.36. The molecule has 0 spiro atoms. The quantitative estimate of drug-likeness (QED) is 0.913. The van der Waals surface area contributed by atoms with Crippen molar-refractivity contribution in [2.45, 2.75) is 25.4 Å². The standard InChI is InChI=1S/C17H18N2O2/c20-15(12-19-11-5-4-8-16(19)21)18-17(14-9-10-14)13-6-2-1-3-7-13/h1-8,11,14,17H,9-10,12H2,(H,18,20)/t17-/m1/s1. The molecule has 1 aliphatic carbocycles. The molecular weight excluding hydrogens is 264 g/mol. The summed E-state index contributed by atoms with van der Waals surface area (Å²) in [6.07, 6.45) is 3.92. The lowest BCUT2D eigenvalue weighted by molar-refractivity contribution is -0.122. The first kappa shape index (κ1) is 13.6. The van der Waals surface area contributed by atoms with E-state index in [-0.39, 0.29) is 24.1 Å². The molecule has 108 valence electrons. The van der Waals surface area contributed by atoms with Crippen molar-refractivity contribution in [2.75, 3.05) is 0 Å². The van der Waals surface area contributed by atoms with Crippen LogP contribution in [0.5, 0.6) is 0 Å². The summed E-state index contributed by atoms with van der Waals surface area (Å²) in [5.74, 6) is 0.396. The van der Waals surface area contributed by atoms with Gasteiger partial charge in [-0.3, -0.25) is 9.59 Å². The van der Waals surface area contributed by atoms with Crippen molar-refractivity contribution in [2.24, 2.45) is 5.92 Å². The first-order valence-corrected chi connectivity index (χ1v) is 7.24. The van der Waals surface area contributed by atoms with Crippen molar-refractivity contribution in [1.29, 1.82) is 0 Å². The van der Waals surface area contributed by atoms with Gasteiger partial charge in [-0.25, -0.2) is 0 Å². The Morgan fingerprint density at radius 3 is 2.52 bits per heavy atom. The molecule has 1 heterocycles. The molecule has 0 unspecified atom stereocenters. The monoisotopic (exact) mass is 282 g/mol. The van der Waals surface area contributed by atoms with Gasteiger partial charge in [0.05, 0.1) is 6.04 Å². The molecule has 0 radical (unpaired) electrons. The third kappa shape index (κ3) is 3.40. The number of amides is 1. The lowest BCUT2D eigenvalue weighted by Crippen LogP contribution is -2.35. The van der Waals surface area contributed by atoms with Crippen LogP contribution in [-0.4, -0.2) is 10.5 Å². The van der Waals surface area contributed by atoms with Crippen LogP contribution in [0.4, 0.5) is 0 Å². The zero-order valence-corrected chi connectivity index (χ0v) is 11.7. The van der Waals surface area contributed by atoms with Crippen LogP contribution < -0.4 is 10.9 Å². The number of hydrogen-bond acceptors (Lipinski definition) is 2. The van der Waals surface area contributed by atoms with E-state index in [1.54, 1.807) is 18.3 Å². The van der Waals surface area contributed by atoms with E-state index in [9.17, 15) is 9.59 Å². The van der Waals surface area contributed by atoms with Gasteiger partial charge in [0.2, 0.25) is 5.91 Å². The van der Waals surface area contributed by atoms with Crippen LogP contribution in [-0.2, 0) is 11.3 Å². The largest absolute Gasteiger partial charge is 0.347 e. The predicted molar refractivity (Wildman–Crippen MR) is 80.8 cm³/mol. The molecule has 4 nitrogen and oxygen atoms in total. The van der Waals surface area contributed by atoms with Crippen molar-refractivity contribution in [3.8, 4) is 0 Å². The summed E-state index contributed by atoms with van der Waals surface area (Å²) in [5, 5.41) is 3.07. The summed E-state index contributed by atoms with van der Waals surface area (Å²) in [4.78, 5) is 23.8. The average molecular weight is 282 g/mol. The fraction of sp³-hybridized carbons (Fsp3) is 0.294. The number of benzene rings is 1. The molecule has 1 amide bonds. The number of hydrogen-bond donors (Lipinski definition) is 1. The second-order valence-corrected chi connectivity index (χ2v) is 5.46. The number of nitrogens with zero attached hydrogens (tertiary/aromatic N) is 1. The lowest BCUT2D eigenvalue weighted by Gasteiger charge is -2.19. The molecule has 1 saturated carbocycles. The van der Waals surface area contributed by atoms with Crippen LogP contribution in [0.1, 0.15) is 24.4 Å². The highest BCUT2D eigenvalue weighted by Crippen LogP contribution is 2.40. The van der Waals surface area contributed by atoms with Gasteiger partial charge in [-0.1, -0.05) is 36.4 Å². The van der Waals surface area contributed by atoms with E-state index in [1.807, 2.05) is 30.3 Å². The molecule has 0 saturated heterocycles. The molecule has 1 fully saturated rings. The first-order chi connectivity index (χ1) is 10.2. The second kappa shape index (κ2) is 5.95. The predicted octanol–water partition coefficient (Wildman–Crippen LogP) is 2.12. The molecule has 2 aromatic rings. The Morgan fingerprint density at radius 1 is 1.14 bits per heavy atom. The summed E-state index contributed by atoms with van der Waals surface area (Å²) in [5.41, 5.74) is 0.976. The van der Waals surface area contributed by atoms with E-state index >= 15 is 0 Å². The summed E-state index contributed by atoms with van der Waals surface area (Å²) in [7, 11) is 0. The van der Waals surface area contributed by atoms with Crippen molar-refractivity contribution in [3.05, 3.63) is 70.6 Å². The molecule has 4 heteroatoms. The van der Waals surface area contributed by atoms with E-state index in [0.29, 0.717) is 5.92 Å². The third-order valence-electron chi connectivity index (χ3n) is 3.78. The zero-order valence-electron chi connectivity index (χ0n) is 11.7. The summed E-state index contributed by atoms with van der Waals surface area (Å²) in [6, 6.07) is 15.0. The SMILES string of the molecule is O=C(Cn1ccccc1=O)N[C@H](c1ccccc1)C1CC1. The maximum Gasteiger partial charge on any atom is 0.250 e. The number of nitrogens with one attached hydrogen (secondary N) is 1. The highest BCUT2D eigenvalue weighted by Gasteiger charge is 2.33. The van der Waals surface area contributed by atoms with Gasteiger partial charge < -0.3 is 9.88 Å². The lowest BCUT2D eigenvalue weighted by atomic mass is 10.0. The highest BCUT2D eigenvalue weighted by atomic mass is 16.2.